The molecule has 2 heterocycles. The van der Waals surface area contributed by atoms with Crippen molar-refractivity contribution in [2.75, 3.05) is 4.90 Å². The zero-order valence-corrected chi connectivity index (χ0v) is 11.6. The topological polar surface area (TPSA) is 33.2 Å². The predicted octanol–water partition coefficient (Wildman–Crippen LogP) is 2.99. The average molecular weight is 266 g/mol. The minimum absolute atomic E-state index is 0.208. The predicted molar refractivity (Wildman–Crippen MR) is 79.7 cm³/mol. The molecule has 1 amide bonds. The van der Waals surface area contributed by atoms with Crippen LogP contribution in [0, 0.1) is 0 Å². The number of carbonyl (C=O) groups excluding carboxylic acids is 1. The van der Waals surface area contributed by atoms with E-state index in [9.17, 15) is 4.79 Å². The Morgan fingerprint density at radius 3 is 2.80 bits per heavy atom. The molecule has 0 aliphatic carbocycles. The monoisotopic (exact) mass is 266 g/mol. The molecule has 102 valence electrons. The summed E-state index contributed by atoms with van der Waals surface area (Å²) >= 11 is 0. The molecule has 1 aromatic heterocycles. The zero-order chi connectivity index (χ0) is 13.9. The number of benzene rings is 1. The first-order chi connectivity index (χ1) is 9.75. The summed E-state index contributed by atoms with van der Waals surface area (Å²) in [6.45, 7) is 2.12. The second-order valence-electron chi connectivity index (χ2n) is 5.30. The number of anilines is 1. The number of amides is 1. The van der Waals surface area contributed by atoms with Crippen LogP contribution >= 0.6 is 0 Å². The largest absolute Gasteiger partial charge is 0.309 e. The molecule has 1 unspecified atom stereocenters. The van der Waals surface area contributed by atoms with Gasteiger partial charge in [0.15, 0.2) is 0 Å². The van der Waals surface area contributed by atoms with E-state index in [1.165, 1.54) is 5.56 Å². The summed E-state index contributed by atoms with van der Waals surface area (Å²) in [6, 6.07) is 12.4. The van der Waals surface area contributed by atoms with Crippen LogP contribution in [0.2, 0.25) is 0 Å². The molecule has 1 aromatic carbocycles. The van der Waals surface area contributed by atoms with Gasteiger partial charge in [0.05, 0.1) is 0 Å². The first-order valence-corrected chi connectivity index (χ1v) is 7.04. The third kappa shape index (κ3) is 2.44. The minimum atomic E-state index is 0.208. The van der Waals surface area contributed by atoms with Crippen molar-refractivity contribution in [3.05, 3.63) is 59.9 Å². The summed E-state index contributed by atoms with van der Waals surface area (Å²) in [5.41, 5.74) is 3.52. The maximum Gasteiger partial charge on any atom is 0.227 e. The van der Waals surface area contributed by atoms with Gasteiger partial charge < -0.3 is 4.90 Å². The molecule has 3 heteroatoms. The summed E-state index contributed by atoms with van der Waals surface area (Å²) < 4.78 is 0. The molecule has 0 radical (unpaired) electrons. The number of carbonyl (C=O) groups is 1. The highest BCUT2D eigenvalue weighted by atomic mass is 16.2. The smallest absolute Gasteiger partial charge is 0.227 e. The van der Waals surface area contributed by atoms with E-state index < -0.39 is 0 Å². The van der Waals surface area contributed by atoms with Crippen LogP contribution in [0.5, 0.6) is 0 Å². The third-order valence-corrected chi connectivity index (χ3v) is 3.85. The Balaban J connectivity index is 1.71. The van der Waals surface area contributed by atoms with E-state index in [0.717, 1.165) is 24.1 Å². The van der Waals surface area contributed by atoms with E-state index in [4.69, 9.17) is 0 Å². The second kappa shape index (κ2) is 5.45. The van der Waals surface area contributed by atoms with Crippen LogP contribution in [-0.4, -0.2) is 16.9 Å². The maximum atomic E-state index is 12.5. The number of para-hydroxylation sites is 1. The van der Waals surface area contributed by atoms with Crippen molar-refractivity contribution in [3.8, 4) is 0 Å². The maximum absolute atomic E-state index is 12.5. The molecule has 0 spiro atoms. The van der Waals surface area contributed by atoms with Crippen LogP contribution in [-0.2, 0) is 17.6 Å². The van der Waals surface area contributed by atoms with Gasteiger partial charge in [0, 0.05) is 30.5 Å². The fourth-order valence-corrected chi connectivity index (χ4v) is 2.87. The Hall–Kier alpha value is -2.16. The molecule has 1 atom stereocenters. The molecule has 1 aliphatic rings. The van der Waals surface area contributed by atoms with Crippen molar-refractivity contribution in [2.24, 2.45) is 0 Å². The molecule has 0 saturated carbocycles. The number of aryl methyl sites for hydroxylation is 1. The lowest BCUT2D eigenvalue weighted by Crippen LogP contribution is -2.35. The fourth-order valence-electron chi connectivity index (χ4n) is 2.87. The highest BCUT2D eigenvalue weighted by Crippen LogP contribution is 2.32. The highest BCUT2D eigenvalue weighted by Gasteiger charge is 2.29. The fraction of sp³-hybridized carbons (Fsp3) is 0.294. The van der Waals surface area contributed by atoms with E-state index in [1.54, 1.807) is 12.4 Å². The van der Waals surface area contributed by atoms with Crippen molar-refractivity contribution in [2.45, 2.75) is 32.2 Å². The van der Waals surface area contributed by atoms with Crippen molar-refractivity contribution < 1.29 is 4.79 Å². The Kier molecular flexibility index (Phi) is 3.50. The third-order valence-electron chi connectivity index (χ3n) is 3.85. The summed E-state index contributed by atoms with van der Waals surface area (Å²) in [6.07, 6.45) is 5.81. The molecule has 3 rings (SSSR count). The Bertz CT molecular complexity index is 609. The number of pyridine rings is 1. The Morgan fingerprint density at radius 1 is 1.25 bits per heavy atom. The van der Waals surface area contributed by atoms with Crippen molar-refractivity contribution in [1.82, 2.24) is 4.98 Å². The van der Waals surface area contributed by atoms with Gasteiger partial charge in [-0.25, -0.2) is 0 Å². The van der Waals surface area contributed by atoms with Gasteiger partial charge in [-0.15, -0.1) is 0 Å². The van der Waals surface area contributed by atoms with Gasteiger partial charge in [-0.2, -0.15) is 0 Å². The lowest BCUT2D eigenvalue weighted by atomic mass is 10.1. The molecule has 0 fully saturated rings. The van der Waals surface area contributed by atoms with Crippen LogP contribution in [0.15, 0.2) is 48.8 Å². The molecule has 1 aliphatic heterocycles. The number of fused-ring (bicyclic) bond motifs is 1. The molecule has 2 aromatic rings. The van der Waals surface area contributed by atoms with Gasteiger partial charge in [0.25, 0.3) is 0 Å². The normalized spacial score (nSPS) is 17.1. The summed E-state index contributed by atoms with van der Waals surface area (Å²) in [7, 11) is 0. The second-order valence-corrected chi connectivity index (χ2v) is 5.30. The molecule has 0 saturated heterocycles. The average Bonchev–Trinajstić information content (AvgIpc) is 2.82. The van der Waals surface area contributed by atoms with Gasteiger partial charge in [-0.1, -0.05) is 18.2 Å². The number of hydrogen-bond donors (Lipinski definition) is 0. The number of rotatable bonds is 3. The molecule has 3 nitrogen and oxygen atoms in total. The van der Waals surface area contributed by atoms with Gasteiger partial charge in [-0.05, 0) is 49.1 Å². The molecule has 20 heavy (non-hydrogen) atoms. The summed E-state index contributed by atoms with van der Waals surface area (Å²) in [5, 5.41) is 0. The highest BCUT2D eigenvalue weighted by molar-refractivity contribution is 5.96. The van der Waals surface area contributed by atoms with E-state index in [1.807, 2.05) is 35.2 Å². The van der Waals surface area contributed by atoms with Gasteiger partial charge >= 0.3 is 0 Å². The lowest BCUT2D eigenvalue weighted by molar-refractivity contribution is -0.118. The van der Waals surface area contributed by atoms with Crippen molar-refractivity contribution >= 4 is 11.6 Å². The minimum Gasteiger partial charge on any atom is -0.309 e. The van der Waals surface area contributed by atoms with E-state index in [0.29, 0.717) is 6.42 Å². The van der Waals surface area contributed by atoms with Crippen LogP contribution in [0.4, 0.5) is 5.69 Å². The van der Waals surface area contributed by atoms with Crippen molar-refractivity contribution in [3.63, 3.8) is 0 Å². The van der Waals surface area contributed by atoms with E-state index >= 15 is 0 Å². The lowest BCUT2D eigenvalue weighted by Gasteiger charge is -2.22. The molecule has 0 bridgehead atoms. The molecular weight excluding hydrogens is 248 g/mol. The summed E-state index contributed by atoms with van der Waals surface area (Å²) in [5.74, 6) is 0.208. The Labute approximate surface area is 119 Å². The van der Waals surface area contributed by atoms with E-state index in [2.05, 4.69) is 18.0 Å². The SMILES string of the molecule is CC1Cc2ccccc2N1C(=O)CCc1ccncc1. The van der Waals surface area contributed by atoms with Crippen LogP contribution in [0.3, 0.4) is 0 Å². The zero-order valence-electron chi connectivity index (χ0n) is 11.6. The van der Waals surface area contributed by atoms with Crippen molar-refractivity contribution in [1.29, 1.82) is 0 Å². The number of nitrogens with zero attached hydrogens (tertiary/aromatic N) is 2. The van der Waals surface area contributed by atoms with Crippen LogP contribution < -0.4 is 4.90 Å². The van der Waals surface area contributed by atoms with Gasteiger partial charge in [0.1, 0.15) is 0 Å². The van der Waals surface area contributed by atoms with E-state index in [-0.39, 0.29) is 11.9 Å². The first kappa shape index (κ1) is 12.9. The first-order valence-electron chi connectivity index (χ1n) is 7.04. The number of hydrogen-bond acceptors (Lipinski definition) is 2. The van der Waals surface area contributed by atoms with Crippen LogP contribution in [0.25, 0.3) is 0 Å². The Morgan fingerprint density at radius 2 is 2.00 bits per heavy atom. The molecule has 0 N–H and O–H groups in total. The summed E-state index contributed by atoms with van der Waals surface area (Å²) in [4.78, 5) is 18.5. The van der Waals surface area contributed by atoms with Gasteiger partial charge in [-0.3, -0.25) is 9.78 Å². The quantitative estimate of drug-likeness (QED) is 0.855. The standard InChI is InChI=1S/C17H18N2O/c1-13-12-15-4-2-3-5-16(15)19(13)17(20)7-6-14-8-10-18-11-9-14/h2-5,8-11,13H,6-7,12H2,1H3. The van der Waals surface area contributed by atoms with Crippen LogP contribution in [0.1, 0.15) is 24.5 Å². The number of aromatic nitrogens is 1. The molecular formula is C17H18N2O. The van der Waals surface area contributed by atoms with Gasteiger partial charge in [0.2, 0.25) is 5.91 Å².